The van der Waals surface area contributed by atoms with E-state index in [1.807, 2.05) is 12.1 Å². The van der Waals surface area contributed by atoms with Gasteiger partial charge in [-0.05, 0) is 31.0 Å². The summed E-state index contributed by atoms with van der Waals surface area (Å²) in [6.07, 6.45) is 2.27. The Kier molecular flexibility index (Phi) is 3.73. The second-order valence-electron chi connectivity index (χ2n) is 4.97. The van der Waals surface area contributed by atoms with Crippen molar-refractivity contribution < 1.29 is 4.74 Å². The number of nitrogens with zero attached hydrogens (tertiary/aromatic N) is 1. The molecule has 0 aromatic heterocycles. The largest absolute Gasteiger partial charge is 0.493 e. The molecule has 2 heterocycles. The molecule has 0 amide bonds. The maximum Gasteiger partial charge on any atom is 0.124 e. The van der Waals surface area contributed by atoms with Crippen molar-refractivity contribution >= 4 is 11.6 Å². The lowest BCUT2D eigenvalue weighted by Gasteiger charge is -2.35. The fraction of sp³-hybridized carbons (Fsp3) is 0.571. The SMILES string of the molecule is Clc1ccc2c(c1)C(N1CCNCC1)CCCO2. The number of halogens is 1. The van der Waals surface area contributed by atoms with Gasteiger partial charge in [-0.25, -0.2) is 0 Å². The maximum absolute atomic E-state index is 6.15. The molecular formula is C14H19ClN2O. The molecule has 0 radical (unpaired) electrons. The van der Waals surface area contributed by atoms with E-state index in [2.05, 4.69) is 16.3 Å². The molecule has 1 atom stereocenters. The Hall–Kier alpha value is -0.770. The van der Waals surface area contributed by atoms with Gasteiger partial charge in [0.05, 0.1) is 6.61 Å². The predicted octanol–water partition coefficient (Wildman–Crippen LogP) is 2.46. The summed E-state index contributed by atoms with van der Waals surface area (Å²) in [5.41, 5.74) is 1.27. The molecule has 0 aliphatic carbocycles. The number of ether oxygens (including phenoxy) is 1. The van der Waals surface area contributed by atoms with E-state index in [1.54, 1.807) is 0 Å². The summed E-state index contributed by atoms with van der Waals surface area (Å²) in [6, 6.07) is 6.47. The third-order valence-corrected chi connectivity index (χ3v) is 4.04. The fourth-order valence-electron chi connectivity index (χ4n) is 2.90. The van der Waals surface area contributed by atoms with Gasteiger partial charge in [0.25, 0.3) is 0 Å². The molecule has 98 valence electrons. The van der Waals surface area contributed by atoms with Crippen LogP contribution < -0.4 is 10.1 Å². The number of rotatable bonds is 1. The highest BCUT2D eigenvalue weighted by atomic mass is 35.5. The first kappa shape index (κ1) is 12.3. The Morgan fingerprint density at radius 3 is 2.94 bits per heavy atom. The van der Waals surface area contributed by atoms with Crippen molar-refractivity contribution in [1.82, 2.24) is 10.2 Å². The summed E-state index contributed by atoms with van der Waals surface area (Å²) in [5, 5.41) is 4.21. The predicted molar refractivity (Wildman–Crippen MR) is 73.4 cm³/mol. The van der Waals surface area contributed by atoms with Gasteiger partial charge in [0.2, 0.25) is 0 Å². The Labute approximate surface area is 113 Å². The number of fused-ring (bicyclic) bond motifs is 1. The van der Waals surface area contributed by atoms with Crippen molar-refractivity contribution in [2.75, 3.05) is 32.8 Å². The van der Waals surface area contributed by atoms with Gasteiger partial charge in [-0.2, -0.15) is 0 Å². The van der Waals surface area contributed by atoms with Crippen LogP contribution >= 0.6 is 11.6 Å². The van der Waals surface area contributed by atoms with Crippen molar-refractivity contribution in [1.29, 1.82) is 0 Å². The number of hydrogen-bond acceptors (Lipinski definition) is 3. The Balaban J connectivity index is 1.91. The van der Waals surface area contributed by atoms with Gasteiger partial charge in [0.15, 0.2) is 0 Å². The second-order valence-corrected chi connectivity index (χ2v) is 5.41. The minimum Gasteiger partial charge on any atom is -0.493 e. The van der Waals surface area contributed by atoms with Crippen LogP contribution in [0.3, 0.4) is 0 Å². The highest BCUT2D eigenvalue weighted by Gasteiger charge is 2.26. The molecule has 0 spiro atoms. The van der Waals surface area contributed by atoms with Crippen LogP contribution in [-0.2, 0) is 0 Å². The van der Waals surface area contributed by atoms with Crippen LogP contribution in [0.2, 0.25) is 5.02 Å². The lowest BCUT2D eigenvalue weighted by Crippen LogP contribution is -2.45. The van der Waals surface area contributed by atoms with Gasteiger partial charge in [-0.1, -0.05) is 11.6 Å². The molecule has 1 fully saturated rings. The average molecular weight is 267 g/mol. The van der Waals surface area contributed by atoms with E-state index in [1.165, 1.54) is 5.56 Å². The van der Waals surface area contributed by atoms with Crippen LogP contribution in [0, 0.1) is 0 Å². The van der Waals surface area contributed by atoms with Crippen LogP contribution in [0.4, 0.5) is 0 Å². The molecular weight excluding hydrogens is 248 g/mol. The minimum atomic E-state index is 0.461. The lowest BCUT2D eigenvalue weighted by atomic mass is 9.99. The van der Waals surface area contributed by atoms with Gasteiger partial charge in [0, 0.05) is 42.8 Å². The fourth-order valence-corrected chi connectivity index (χ4v) is 3.08. The van der Waals surface area contributed by atoms with E-state index in [4.69, 9.17) is 16.3 Å². The summed E-state index contributed by atoms with van der Waals surface area (Å²) in [6.45, 7) is 5.19. The molecule has 4 heteroatoms. The highest BCUT2D eigenvalue weighted by molar-refractivity contribution is 6.30. The molecule has 2 aliphatic heterocycles. The van der Waals surface area contributed by atoms with Gasteiger partial charge in [0.1, 0.15) is 5.75 Å². The summed E-state index contributed by atoms with van der Waals surface area (Å²) in [4.78, 5) is 2.56. The number of piperazine rings is 1. The molecule has 0 saturated carbocycles. The Morgan fingerprint density at radius 1 is 1.28 bits per heavy atom. The van der Waals surface area contributed by atoms with Gasteiger partial charge in [-0.15, -0.1) is 0 Å². The van der Waals surface area contributed by atoms with E-state index in [-0.39, 0.29) is 0 Å². The number of benzene rings is 1. The zero-order valence-corrected chi connectivity index (χ0v) is 11.2. The quantitative estimate of drug-likeness (QED) is 0.845. The van der Waals surface area contributed by atoms with Crippen LogP contribution in [0.5, 0.6) is 5.75 Å². The Bertz CT molecular complexity index is 418. The molecule has 18 heavy (non-hydrogen) atoms. The summed E-state index contributed by atoms with van der Waals surface area (Å²) in [7, 11) is 0. The molecule has 3 nitrogen and oxygen atoms in total. The van der Waals surface area contributed by atoms with E-state index in [0.29, 0.717) is 6.04 Å². The molecule has 3 rings (SSSR count). The van der Waals surface area contributed by atoms with Crippen molar-refractivity contribution in [2.45, 2.75) is 18.9 Å². The average Bonchev–Trinajstić information content (AvgIpc) is 2.61. The van der Waals surface area contributed by atoms with Crippen LogP contribution in [0.25, 0.3) is 0 Å². The monoisotopic (exact) mass is 266 g/mol. The maximum atomic E-state index is 6.15. The molecule has 2 aliphatic rings. The number of nitrogens with one attached hydrogen (secondary N) is 1. The molecule has 1 aromatic carbocycles. The van der Waals surface area contributed by atoms with Crippen molar-refractivity contribution in [3.63, 3.8) is 0 Å². The van der Waals surface area contributed by atoms with Gasteiger partial charge >= 0.3 is 0 Å². The number of hydrogen-bond donors (Lipinski definition) is 1. The van der Waals surface area contributed by atoms with E-state index in [0.717, 1.165) is 56.4 Å². The summed E-state index contributed by atoms with van der Waals surface area (Å²) >= 11 is 6.15. The minimum absolute atomic E-state index is 0.461. The lowest BCUT2D eigenvalue weighted by molar-refractivity contribution is 0.165. The first-order valence-electron chi connectivity index (χ1n) is 6.71. The smallest absolute Gasteiger partial charge is 0.124 e. The van der Waals surface area contributed by atoms with E-state index >= 15 is 0 Å². The third-order valence-electron chi connectivity index (χ3n) is 3.80. The summed E-state index contributed by atoms with van der Waals surface area (Å²) < 4.78 is 5.82. The highest BCUT2D eigenvalue weighted by Crippen LogP contribution is 2.37. The molecule has 1 saturated heterocycles. The topological polar surface area (TPSA) is 24.5 Å². The van der Waals surface area contributed by atoms with Crippen molar-refractivity contribution in [2.24, 2.45) is 0 Å². The molecule has 1 N–H and O–H groups in total. The van der Waals surface area contributed by atoms with E-state index in [9.17, 15) is 0 Å². The van der Waals surface area contributed by atoms with Crippen LogP contribution in [-0.4, -0.2) is 37.7 Å². The van der Waals surface area contributed by atoms with Crippen LogP contribution in [0.15, 0.2) is 18.2 Å². The Morgan fingerprint density at radius 2 is 2.11 bits per heavy atom. The molecule has 1 unspecified atom stereocenters. The van der Waals surface area contributed by atoms with E-state index < -0.39 is 0 Å². The van der Waals surface area contributed by atoms with Gasteiger partial charge < -0.3 is 10.1 Å². The van der Waals surface area contributed by atoms with Crippen molar-refractivity contribution in [3.8, 4) is 5.75 Å². The zero-order chi connectivity index (χ0) is 12.4. The van der Waals surface area contributed by atoms with Gasteiger partial charge in [-0.3, -0.25) is 4.90 Å². The second kappa shape index (κ2) is 5.47. The zero-order valence-electron chi connectivity index (χ0n) is 10.5. The standard InChI is InChI=1S/C14H19ClN2O/c15-11-3-4-14-12(10-11)13(2-1-9-18-14)17-7-5-16-6-8-17/h3-4,10,13,16H,1-2,5-9H2. The van der Waals surface area contributed by atoms with Crippen LogP contribution in [0.1, 0.15) is 24.4 Å². The first-order chi connectivity index (χ1) is 8.84. The first-order valence-corrected chi connectivity index (χ1v) is 7.09. The summed E-state index contributed by atoms with van der Waals surface area (Å²) in [5.74, 6) is 1.01. The molecule has 1 aromatic rings. The van der Waals surface area contributed by atoms with Crippen molar-refractivity contribution in [3.05, 3.63) is 28.8 Å². The third kappa shape index (κ3) is 2.48. The normalized spacial score (nSPS) is 25.1. The molecule has 0 bridgehead atoms.